The van der Waals surface area contributed by atoms with Gasteiger partial charge < -0.3 is 14.2 Å². The predicted octanol–water partition coefficient (Wildman–Crippen LogP) is 16.3. The van der Waals surface area contributed by atoms with E-state index in [1.165, 1.54) is 122 Å². The van der Waals surface area contributed by atoms with Crippen LogP contribution in [0.3, 0.4) is 0 Å². The minimum atomic E-state index is -0.793. The average molecular weight is 837 g/mol. The van der Waals surface area contributed by atoms with Crippen LogP contribution in [0, 0.1) is 0 Å². The zero-order valence-corrected chi connectivity index (χ0v) is 39.2. The number of hydrogen-bond donors (Lipinski definition) is 0. The highest BCUT2D eigenvalue weighted by Crippen LogP contribution is 2.15. The highest BCUT2D eigenvalue weighted by atomic mass is 16.6. The zero-order valence-electron chi connectivity index (χ0n) is 39.2. The van der Waals surface area contributed by atoms with Crippen LogP contribution in [-0.2, 0) is 28.6 Å². The van der Waals surface area contributed by atoms with E-state index in [4.69, 9.17) is 14.2 Å². The standard InChI is InChI=1S/C54H92O6/c1-4-7-10-13-16-19-22-24-25-26-27-28-29-31-32-35-38-41-44-47-53(56)59-50-51(49-58-52(55)46-43-40-37-34-21-18-15-12-9-6-3)60-54(57)48-45-42-39-36-33-30-23-20-17-14-11-8-5-2/h8,11,14,16-17,19-20,22-24,30,33,51H,4-7,9-10,12-13,15,18,21,25-29,31-32,34-50H2,1-3H3/b11-8-,17-14-,19-16-,23-20-,24-22-,33-30-. The Hall–Kier alpha value is -3.15. The van der Waals surface area contributed by atoms with Crippen molar-refractivity contribution in [3.8, 4) is 0 Å². The highest BCUT2D eigenvalue weighted by molar-refractivity contribution is 5.71. The van der Waals surface area contributed by atoms with Crippen molar-refractivity contribution in [2.45, 2.75) is 239 Å². The molecule has 0 spiro atoms. The quantitative estimate of drug-likeness (QED) is 0.0263. The topological polar surface area (TPSA) is 78.9 Å². The van der Waals surface area contributed by atoms with Crippen LogP contribution >= 0.6 is 0 Å². The van der Waals surface area contributed by atoms with Crippen molar-refractivity contribution < 1.29 is 28.6 Å². The van der Waals surface area contributed by atoms with Crippen LogP contribution in [0.15, 0.2) is 72.9 Å². The monoisotopic (exact) mass is 837 g/mol. The second-order valence-corrected chi connectivity index (χ2v) is 16.5. The molecule has 0 N–H and O–H groups in total. The molecule has 0 saturated heterocycles. The normalized spacial score (nSPS) is 12.7. The van der Waals surface area contributed by atoms with Gasteiger partial charge in [-0.25, -0.2) is 0 Å². The van der Waals surface area contributed by atoms with Crippen LogP contribution in [0.25, 0.3) is 0 Å². The smallest absolute Gasteiger partial charge is 0.306 e. The molecule has 0 radical (unpaired) electrons. The number of rotatable bonds is 44. The van der Waals surface area contributed by atoms with Gasteiger partial charge in [0, 0.05) is 19.3 Å². The largest absolute Gasteiger partial charge is 0.462 e. The summed E-state index contributed by atoms with van der Waals surface area (Å²) in [6.07, 6.45) is 60.3. The summed E-state index contributed by atoms with van der Waals surface area (Å²) in [6.45, 7) is 6.42. The minimum absolute atomic E-state index is 0.0914. The lowest BCUT2D eigenvalue weighted by atomic mass is 10.1. The fourth-order valence-electron chi connectivity index (χ4n) is 6.80. The van der Waals surface area contributed by atoms with Gasteiger partial charge in [0.2, 0.25) is 0 Å². The number of ether oxygens (including phenoxy) is 3. The third-order valence-corrected chi connectivity index (χ3v) is 10.6. The van der Waals surface area contributed by atoms with E-state index >= 15 is 0 Å². The minimum Gasteiger partial charge on any atom is -0.462 e. The van der Waals surface area contributed by atoms with E-state index in [1.54, 1.807) is 0 Å². The van der Waals surface area contributed by atoms with Crippen molar-refractivity contribution in [1.82, 2.24) is 0 Å². The Morgan fingerprint density at radius 2 is 0.650 bits per heavy atom. The molecule has 0 rings (SSSR count). The number of unbranched alkanes of at least 4 members (excludes halogenated alkanes) is 25. The van der Waals surface area contributed by atoms with Crippen molar-refractivity contribution >= 4 is 17.9 Å². The van der Waals surface area contributed by atoms with Crippen molar-refractivity contribution in [3.05, 3.63) is 72.9 Å². The van der Waals surface area contributed by atoms with Gasteiger partial charge >= 0.3 is 17.9 Å². The third kappa shape index (κ3) is 45.9. The molecule has 0 heterocycles. The summed E-state index contributed by atoms with van der Waals surface area (Å²) in [6, 6.07) is 0. The molecule has 0 aromatic carbocycles. The SMILES string of the molecule is CC\C=C/C=C\C=C/C=C\CCCCCC(=O)OC(COC(=O)CCCCCCCCCCCC)COC(=O)CCCCCCCCCCCC/C=C\C=C/CCCCC. The van der Waals surface area contributed by atoms with E-state index in [1.807, 2.05) is 36.5 Å². The van der Waals surface area contributed by atoms with E-state index in [9.17, 15) is 14.4 Å². The van der Waals surface area contributed by atoms with Crippen LogP contribution in [-0.4, -0.2) is 37.2 Å². The first-order chi connectivity index (χ1) is 29.5. The first-order valence-corrected chi connectivity index (χ1v) is 25.0. The molecule has 0 aromatic rings. The maximum absolute atomic E-state index is 12.7. The Morgan fingerprint density at radius 3 is 1.08 bits per heavy atom. The molecule has 1 unspecified atom stereocenters. The molecule has 0 bridgehead atoms. The molecular weight excluding hydrogens is 745 g/mol. The third-order valence-electron chi connectivity index (χ3n) is 10.6. The van der Waals surface area contributed by atoms with Crippen LogP contribution in [0.1, 0.15) is 233 Å². The van der Waals surface area contributed by atoms with E-state index < -0.39 is 6.10 Å². The fourth-order valence-corrected chi connectivity index (χ4v) is 6.80. The molecule has 6 heteroatoms. The van der Waals surface area contributed by atoms with Gasteiger partial charge in [-0.2, -0.15) is 0 Å². The van der Waals surface area contributed by atoms with Crippen LogP contribution in [0.2, 0.25) is 0 Å². The van der Waals surface area contributed by atoms with Gasteiger partial charge in [0.05, 0.1) is 0 Å². The summed E-state index contributed by atoms with van der Waals surface area (Å²) in [4.78, 5) is 37.8. The lowest BCUT2D eigenvalue weighted by molar-refractivity contribution is -0.167. The summed E-state index contributed by atoms with van der Waals surface area (Å²) in [5.41, 5.74) is 0. The molecule has 0 aliphatic carbocycles. The van der Waals surface area contributed by atoms with Crippen LogP contribution < -0.4 is 0 Å². The van der Waals surface area contributed by atoms with E-state index in [0.717, 1.165) is 70.6 Å². The van der Waals surface area contributed by atoms with Gasteiger partial charge in [0.15, 0.2) is 6.10 Å². The average Bonchev–Trinajstić information content (AvgIpc) is 3.24. The summed E-state index contributed by atoms with van der Waals surface area (Å²) >= 11 is 0. The molecular formula is C54H92O6. The molecule has 6 nitrogen and oxygen atoms in total. The molecule has 344 valence electrons. The van der Waals surface area contributed by atoms with Crippen molar-refractivity contribution in [2.75, 3.05) is 13.2 Å². The van der Waals surface area contributed by atoms with Gasteiger partial charge in [-0.1, -0.05) is 222 Å². The number of carbonyl (C=O) groups is 3. The molecule has 0 aromatic heterocycles. The van der Waals surface area contributed by atoms with E-state index in [0.29, 0.717) is 12.8 Å². The van der Waals surface area contributed by atoms with Crippen molar-refractivity contribution in [3.63, 3.8) is 0 Å². The van der Waals surface area contributed by atoms with Gasteiger partial charge in [0.25, 0.3) is 0 Å². The lowest BCUT2D eigenvalue weighted by Gasteiger charge is -2.18. The summed E-state index contributed by atoms with van der Waals surface area (Å²) in [5.74, 6) is -0.936. The van der Waals surface area contributed by atoms with Gasteiger partial charge in [-0.05, 0) is 64.2 Å². The second kappa shape index (κ2) is 48.5. The Balaban J connectivity index is 4.37. The molecule has 1 atom stereocenters. The Morgan fingerprint density at radius 1 is 0.350 bits per heavy atom. The van der Waals surface area contributed by atoms with E-state index in [-0.39, 0.29) is 37.5 Å². The van der Waals surface area contributed by atoms with Crippen molar-refractivity contribution in [1.29, 1.82) is 0 Å². The van der Waals surface area contributed by atoms with Crippen molar-refractivity contribution in [2.24, 2.45) is 0 Å². The van der Waals surface area contributed by atoms with Crippen LogP contribution in [0.4, 0.5) is 0 Å². The van der Waals surface area contributed by atoms with Crippen LogP contribution in [0.5, 0.6) is 0 Å². The highest BCUT2D eigenvalue weighted by Gasteiger charge is 2.19. The molecule has 0 saturated carbocycles. The molecule has 60 heavy (non-hydrogen) atoms. The zero-order chi connectivity index (χ0) is 43.7. The second-order valence-electron chi connectivity index (χ2n) is 16.5. The molecule has 0 amide bonds. The maximum Gasteiger partial charge on any atom is 0.306 e. The van der Waals surface area contributed by atoms with E-state index in [2.05, 4.69) is 57.2 Å². The first-order valence-electron chi connectivity index (χ1n) is 25.0. The van der Waals surface area contributed by atoms with Gasteiger partial charge in [-0.3, -0.25) is 14.4 Å². The Bertz CT molecular complexity index is 1140. The molecule has 0 aliphatic heterocycles. The summed E-state index contributed by atoms with van der Waals surface area (Å²) < 4.78 is 16.7. The first kappa shape index (κ1) is 56.9. The number of allylic oxidation sites excluding steroid dienone is 12. The summed E-state index contributed by atoms with van der Waals surface area (Å²) in [5, 5.41) is 0. The lowest BCUT2D eigenvalue weighted by Crippen LogP contribution is -2.30. The maximum atomic E-state index is 12.7. The number of esters is 3. The van der Waals surface area contributed by atoms with Gasteiger partial charge in [-0.15, -0.1) is 0 Å². The Kier molecular flexibility index (Phi) is 46.0. The summed E-state index contributed by atoms with van der Waals surface area (Å²) in [7, 11) is 0. The number of hydrogen-bond acceptors (Lipinski definition) is 6. The fraction of sp³-hybridized carbons (Fsp3) is 0.722. The predicted molar refractivity (Wildman–Crippen MR) is 256 cm³/mol. The van der Waals surface area contributed by atoms with Gasteiger partial charge in [0.1, 0.15) is 13.2 Å². The number of carbonyl (C=O) groups excluding carboxylic acids is 3. The Labute approximate surface area is 370 Å². The molecule has 0 aliphatic rings. The molecule has 0 fully saturated rings.